The quantitative estimate of drug-likeness (QED) is 0.398. The molecule has 0 heterocycles. The summed E-state index contributed by atoms with van der Waals surface area (Å²) in [7, 11) is -0.0409. The van der Waals surface area contributed by atoms with Crippen LogP contribution in [0.3, 0.4) is 0 Å². The van der Waals surface area contributed by atoms with Crippen LogP contribution in [0, 0.1) is 0 Å². The molecule has 0 fully saturated rings. The molecule has 0 aliphatic rings. The summed E-state index contributed by atoms with van der Waals surface area (Å²) in [5, 5.41) is 1.67. The maximum Gasteiger partial charge on any atom is 1.00 e. The smallest absolute Gasteiger partial charge is 1.00 e. The standard InChI is InChI=1S/C17H17Cl2O3P.Li.H/c1-2-21-10-11-22-12-6-8-13(9-7-12)23-17(20)16-14(18)4-3-5-15(16)19;;/h3-9,23H,2,10-11H2,1H3;;/q;+1;-1. The molecular weight excluding hydrogens is 361 g/mol. The van der Waals surface area contributed by atoms with Crippen molar-refractivity contribution in [2.24, 2.45) is 0 Å². The van der Waals surface area contributed by atoms with Gasteiger partial charge in [-0.05, 0) is 45.1 Å². The third-order valence-corrected chi connectivity index (χ3v) is 4.73. The fraction of sp³-hybridized carbons (Fsp3) is 0.235. The van der Waals surface area contributed by atoms with Gasteiger partial charge in [0.2, 0.25) is 0 Å². The second-order valence-corrected chi connectivity index (χ2v) is 6.72. The first kappa shape index (κ1) is 21.5. The van der Waals surface area contributed by atoms with Gasteiger partial charge in [-0.25, -0.2) is 0 Å². The summed E-state index contributed by atoms with van der Waals surface area (Å²) in [6, 6.07) is 12.5. The second kappa shape index (κ2) is 11.2. The van der Waals surface area contributed by atoms with Crippen LogP contribution in [-0.2, 0) is 4.74 Å². The Labute approximate surface area is 167 Å². The molecule has 3 nitrogen and oxygen atoms in total. The number of hydrogen-bond donors (Lipinski definition) is 0. The van der Waals surface area contributed by atoms with Crippen molar-refractivity contribution in [1.82, 2.24) is 0 Å². The number of halogens is 2. The van der Waals surface area contributed by atoms with E-state index in [9.17, 15) is 4.79 Å². The molecular formula is C17H18Cl2LiO3P. The summed E-state index contributed by atoms with van der Waals surface area (Å²) in [6.07, 6.45) is 0. The van der Waals surface area contributed by atoms with Gasteiger partial charge < -0.3 is 10.9 Å². The van der Waals surface area contributed by atoms with Crippen LogP contribution in [0.1, 0.15) is 18.7 Å². The summed E-state index contributed by atoms with van der Waals surface area (Å²) < 4.78 is 10.8. The Balaban J connectivity index is 0.00000288. The van der Waals surface area contributed by atoms with Crippen molar-refractivity contribution in [2.75, 3.05) is 19.8 Å². The maximum atomic E-state index is 12.4. The first-order valence-electron chi connectivity index (χ1n) is 7.17. The number of ether oxygens (including phenoxy) is 2. The molecule has 0 aliphatic carbocycles. The van der Waals surface area contributed by atoms with Crippen LogP contribution in [0.4, 0.5) is 0 Å². The SMILES string of the molecule is CCOCCOc1ccc(PC(=O)c2c(Cl)cccc2Cl)cc1.[H-].[Li+]. The number of hydrogen-bond acceptors (Lipinski definition) is 3. The van der Waals surface area contributed by atoms with Crippen LogP contribution in [0.15, 0.2) is 42.5 Å². The van der Waals surface area contributed by atoms with Gasteiger partial charge in [-0.3, -0.25) is 4.79 Å². The van der Waals surface area contributed by atoms with Crippen LogP contribution >= 0.6 is 31.8 Å². The number of carbonyl (C=O) groups is 1. The minimum atomic E-state index is -0.0781. The number of carbonyl (C=O) groups excluding carboxylic acids is 1. The topological polar surface area (TPSA) is 35.5 Å². The maximum absolute atomic E-state index is 12.4. The van der Waals surface area contributed by atoms with E-state index in [4.69, 9.17) is 32.7 Å². The normalized spacial score (nSPS) is 10.6. The summed E-state index contributed by atoms with van der Waals surface area (Å²) in [5.74, 6) is 0.751. The molecule has 0 aliphatic heterocycles. The number of rotatable bonds is 8. The molecule has 1 unspecified atom stereocenters. The molecule has 0 radical (unpaired) electrons. The molecule has 0 bridgehead atoms. The van der Waals surface area contributed by atoms with Gasteiger partial charge in [0.1, 0.15) is 12.4 Å². The van der Waals surface area contributed by atoms with Crippen LogP contribution < -0.4 is 28.9 Å². The zero-order valence-electron chi connectivity index (χ0n) is 14.6. The first-order valence-corrected chi connectivity index (χ1v) is 8.93. The zero-order chi connectivity index (χ0) is 16.7. The molecule has 0 spiro atoms. The molecule has 0 saturated heterocycles. The monoisotopic (exact) mass is 378 g/mol. The fourth-order valence-electron chi connectivity index (χ4n) is 1.91. The van der Waals surface area contributed by atoms with Crippen LogP contribution in [-0.4, -0.2) is 25.3 Å². The van der Waals surface area contributed by atoms with E-state index in [1.54, 1.807) is 18.2 Å². The van der Waals surface area contributed by atoms with Crippen LogP contribution in [0.5, 0.6) is 5.75 Å². The molecule has 0 aromatic heterocycles. The molecule has 0 N–H and O–H groups in total. The zero-order valence-corrected chi connectivity index (χ0v) is 16.2. The molecule has 2 aromatic carbocycles. The summed E-state index contributed by atoms with van der Waals surface area (Å²) >= 11 is 12.1. The van der Waals surface area contributed by atoms with E-state index in [1.165, 1.54) is 0 Å². The first-order chi connectivity index (χ1) is 11.1. The molecule has 24 heavy (non-hydrogen) atoms. The van der Waals surface area contributed by atoms with E-state index in [-0.39, 0.29) is 34.4 Å². The third kappa shape index (κ3) is 6.41. The van der Waals surface area contributed by atoms with Gasteiger partial charge in [0, 0.05) is 6.61 Å². The van der Waals surface area contributed by atoms with E-state index >= 15 is 0 Å². The van der Waals surface area contributed by atoms with Crippen molar-refractivity contribution < 1.29 is 34.6 Å². The predicted octanol–water partition coefficient (Wildman–Crippen LogP) is 1.67. The van der Waals surface area contributed by atoms with Crippen LogP contribution in [0.2, 0.25) is 10.0 Å². The molecule has 2 aromatic rings. The van der Waals surface area contributed by atoms with Gasteiger partial charge in [-0.2, -0.15) is 0 Å². The van der Waals surface area contributed by atoms with Gasteiger partial charge >= 0.3 is 18.9 Å². The van der Waals surface area contributed by atoms with E-state index < -0.39 is 0 Å². The third-order valence-electron chi connectivity index (χ3n) is 3.00. The molecule has 1 atom stereocenters. The van der Waals surface area contributed by atoms with Gasteiger partial charge in [0.05, 0.1) is 22.2 Å². The van der Waals surface area contributed by atoms with Crippen molar-refractivity contribution in [1.29, 1.82) is 0 Å². The average molecular weight is 379 g/mol. The molecule has 7 heteroatoms. The Morgan fingerprint density at radius 2 is 1.71 bits per heavy atom. The van der Waals surface area contributed by atoms with Crippen molar-refractivity contribution in [2.45, 2.75) is 6.92 Å². The Hall–Kier alpha value is -0.523. The van der Waals surface area contributed by atoms with Crippen molar-refractivity contribution in [3.8, 4) is 5.75 Å². The Kier molecular flexibility index (Phi) is 10.0. The fourth-order valence-corrected chi connectivity index (χ4v) is 3.62. The van der Waals surface area contributed by atoms with Gasteiger partial charge in [0.25, 0.3) is 0 Å². The van der Waals surface area contributed by atoms with Gasteiger partial charge in [-0.15, -0.1) is 0 Å². The minimum Gasteiger partial charge on any atom is -1.00 e. The molecule has 124 valence electrons. The summed E-state index contributed by atoms with van der Waals surface area (Å²) in [6.45, 7) is 3.68. The minimum absolute atomic E-state index is 0. The summed E-state index contributed by atoms with van der Waals surface area (Å²) in [4.78, 5) is 12.4. The van der Waals surface area contributed by atoms with Gasteiger partial charge in [0.15, 0.2) is 5.52 Å². The Morgan fingerprint density at radius 1 is 1.08 bits per heavy atom. The van der Waals surface area contributed by atoms with Crippen LogP contribution in [0.25, 0.3) is 0 Å². The van der Waals surface area contributed by atoms with Crippen molar-refractivity contribution in [3.63, 3.8) is 0 Å². The average Bonchev–Trinajstić information content (AvgIpc) is 2.53. The Morgan fingerprint density at radius 3 is 2.29 bits per heavy atom. The number of benzene rings is 2. The van der Waals surface area contributed by atoms with Crippen molar-refractivity contribution in [3.05, 3.63) is 58.1 Å². The van der Waals surface area contributed by atoms with Gasteiger partial charge in [-0.1, -0.05) is 41.4 Å². The second-order valence-electron chi connectivity index (χ2n) is 4.62. The Bertz CT molecular complexity index is 651. The van der Waals surface area contributed by atoms with E-state index in [1.807, 2.05) is 31.2 Å². The predicted molar refractivity (Wildman–Crippen MR) is 98.3 cm³/mol. The molecule has 0 saturated carbocycles. The largest absolute Gasteiger partial charge is 1.00 e. The van der Waals surface area contributed by atoms with E-state index in [0.29, 0.717) is 35.4 Å². The molecule has 0 amide bonds. The molecule has 2 rings (SSSR count). The van der Waals surface area contributed by atoms with E-state index in [2.05, 4.69) is 0 Å². The van der Waals surface area contributed by atoms with E-state index in [0.717, 1.165) is 11.1 Å². The summed E-state index contributed by atoms with van der Waals surface area (Å²) in [5.41, 5.74) is 0.303. The van der Waals surface area contributed by atoms with Crippen molar-refractivity contribution >= 4 is 42.6 Å².